The Morgan fingerprint density at radius 3 is 2.36 bits per heavy atom. The van der Waals surface area contributed by atoms with Crippen molar-refractivity contribution in [2.24, 2.45) is 0 Å². The fraction of sp³-hybridized carbons (Fsp3) is 0.400. The summed E-state index contributed by atoms with van der Waals surface area (Å²) in [5.74, 6) is 0. The Labute approximate surface area is 89.9 Å². The van der Waals surface area contributed by atoms with Gasteiger partial charge in [-0.1, -0.05) is 28.1 Å². The van der Waals surface area contributed by atoms with Crippen molar-refractivity contribution in [2.45, 2.75) is 26.4 Å². The molecular weight excluding hydrogens is 254 g/mol. The molecule has 0 aliphatic carbocycles. The molecule has 1 unspecified atom stereocenters. The predicted octanol–water partition coefficient (Wildman–Crippen LogP) is 3.36. The standard InChI is InChI=1S/C10H11BrF2O/c1-5-3-4-7(6(2)8(5)11)9(14)10(12)13/h3-4,9-10,14H,1-2H3. The van der Waals surface area contributed by atoms with Gasteiger partial charge in [0.2, 0.25) is 0 Å². The molecule has 0 aromatic heterocycles. The van der Waals surface area contributed by atoms with Crippen molar-refractivity contribution in [3.8, 4) is 0 Å². The summed E-state index contributed by atoms with van der Waals surface area (Å²) in [7, 11) is 0. The quantitative estimate of drug-likeness (QED) is 0.869. The van der Waals surface area contributed by atoms with Crippen molar-refractivity contribution in [2.75, 3.05) is 0 Å². The van der Waals surface area contributed by atoms with E-state index in [0.717, 1.165) is 10.0 Å². The molecule has 1 rings (SSSR count). The number of aliphatic hydroxyl groups excluding tert-OH is 1. The monoisotopic (exact) mass is 264 g/mol. The number of aryl methyl sites for hydroxylation is 1. The topological polar surface area (TPSA) is 20.2 Å². The van der Waals surface area contributed by atoms with Gasteiger partial charge in [0.1, 0.15) is 6.10 Å². The number of hydrogen-bond acceptors (Lipinski definition) is 1. The molecule has 0 spiro atoms. The highest BCUT2D eigenvalue weighted by molar-refractivity contribution is 9.10. The average Bonchev–Trinajstić information content (AvgIpc) is 2.13. The van der Waals surface area contributed by atoms with Crippen LogP contribution in [0.5, 0.6) is 0 Å². The van der Waals surface area contributed by atoms with Crippen LogP contribution in [0.1, 0.15) is 22.8 Å². The minimum Gasteiger partial charge on any atom is -0.382 e. The van der Waals surface area contributed by atoms with Crippen LogP contribution in [-0.2, 0) is 0 Å². The molecule has 14 heavy (non-hydrogen) atoms. The lowest BCUT2D eigenvalue weighted by Crippen LogP contribution is -2.10. The second-order valence-corrected chi connectivity index (χ2v) is 3.98. The molecule has 0 radical (unpaired) electrons. The zero-order valence-corrected chi connectivity index (χ0v) is 9.48. The fourth-order valence-corrected chi connectivity index (χ4v) is 1.65. The Hall–Kier alpha value is -0.480. The second kappa shape index (κ2) is 4.36. The van der Waals surface area contributed by atoms with E-state index in [1.807, 2.05) is 6.92 Å². The van der Waals surface area contributed by atoms with Gasteiger partial charge in [-0.2, -0.15) is 0 Å². The largest absolute Gasteiger partial charge is 0.382 e. The molecule has 1 nitrogen and oxygen atoms in total. The van der Waals surface area contributed by atoms with Crippen molar-refractivity contribution in [3.05, 3.63) is 33.3 Å². The Morgan fingerprint density at radius 1 is 1.29 bits per heavy atom. The highest BCUT2D eigenvalue weighted by atomic mass is 79.9. The van der Waals surface area contributed by atoms with Crippen LogP contribution in [0.4, 0.5) is 8.78 Å². The van der Waals surface area contributed by atoms with E-state index in [-0.39, 0.29) is 5.56 Å². The van der Waals surface area contributed by atoms with E-state index in [2.05, 4.69) is 15.9 Å². The molecule has 0 fully saturated rings. The molecule has 0 aliphatic rings. The maximum Gasteiger partial charge on any atom is 0.268 e. The van der Waals surface area contributed by atoms with Crippen molar-refractivity contribution in [1.29, 1.82) is 0 Å². The van der Waals surface area contributed by atoms with Gasteiger partial charge in [-0.15, -0.1) is 0 Å². The van der Waals surface area contributed by atoms with Gasteiger partial charge < -0.3 is 5.11 Å². The first-order valence-electron chi connectivity index (χ1n) is 4.17. The van der Waals surface area contributed by atoms with Gasteiger partial charge >= 0.3 is 0 Å². The molecule has 0 bridgehead atoms. The van der Waals surface area contributed by atoms with Gasteiger partial charge in [-0.05, 0) is 30.5 Å². The van der Waals surface area contributed by atoms with Gasteiger partial charge in [0, 0.05) is 4.47 Å². The third-order valence-corrected chi connectivity index (χ3v) is 3.40. The summed E-state index contributed by atoms with van der Waals surface area (Å²) in [5, 5.41) is 9.22. The molecule has 1 aromatic rings. The summed E-state index contributed by atoms with van der Waals surface area (Å²) < 4.78 is 25.3. The molecule has 78 valence electrons. The Bertz CT molecular complexity index is 339. The van der Waals surface area contributed by atoms with Crippen LogP contribution in [-0.4, -0.2) is 11.5 Å². The van der Waals surface area contributed by atoms with Crippen LogP contribution in [0.25, 0.3) is 0 Å². The molecular formula is C10H11BrF2O. The van der Waals surface area contributed by atoms with E-state index in [1.165, 1.54) is 6.07 Å². The van der Waals surface area contributed by atoms with E-state index < -0.39 is 12.5 Å². The molecule has 4 heteroatoms. The molecule has 0 aliphatic heterocycles. The summed E-state index contributed by atoms with van der Waals surface area (Å²) in [6.07, 6.45) is -4.45. The first-order chi connectivity index (χ1) is 6.45. The lowest BCUT2D eigenvalue weighted by Gasteiger charge is -2.14. The number of benzene rings is 1. The van der Waals surface area contributed by atoms with Crippen LogP contribution in [0.3, 0.4) is 0 Å². The van der Waals surface area contributed by atoms with E-state index >= 15 is 0 Å². The van der Waals surface area contributed by atoms with Crippen molar-refractivity contribution < 1.29 is 13.9 Å². The summed E-state index contributed by atoms with van der Waals surface area (Å²) in [4.78, 5) is 0. The normalized spacial score (nSPS) is 13.4. The van der Waals surface area contributed by atoms with Crippen LogP contribution in [0.15, 0.2) is 16.6 Å². The Kier molecular flexibility index (Phi) is 3.61. The Morgan fingerprint density at radius 2 is 1.86 bits per heavy atom. The van der Waals surface area contributed by atoms with Crippen LogP contribution >= 0.6 is 15.9 Å². The first kappa shape index (κ1) is 11.6. The van der Waals surface area contributed by atoms with E-state index in [9.17, 15) is 13.9 Å². The summed E-state index contributed by atoms with van der Waals surface area (Å²) >= 11 is 3.29. The van der Waals surface area contributed by atoms with Gasteiger partial charge in [0.25, 0.3) is 6.43 Å². The molecule has 1 aromatic carbocycles. The molecule has 0 saturated carbocycles. The smallest absolute Gasteiger partial charge is 0.268 e. The average molecular weight is 265 g/mol. The van der Waals surface area contributed by atoms with Crippen molar-refractivity contribution in [3.63, 3.8) is 0 Å². The molecule has 1 atom stereocenters. The fourth-order valence-electron chi connectivity index (χ4n) is 1.29. The number of alkyl halides is 2. The SMILES string of the molecule is Cc1ccc(C(O)C(F)F)c(C)c1Br. The molecule has 1 N–H and O–H groups in total. The van der Waals surface area contributed by atoms with Gasteiger partial charge in [0.15, 0.2) is 0 Å². The van der Waals surface area contributed by atoms with Crippen molar-refractivity contribution >= 4 is 15.9 Å². The maximum atomic E-state index is 12.3. The predicted molar refractivity (Wildman–Crippen MR) is 54.6 cm³/mol. The summed E-state index contributed by atoms with van der Waals surface area (Å²) in [6.45, 7) is 3.58. The minimum absolute atomic E-state index is 0.275. The summed E-state index contributed by atoms with van der Waals surface area (Å²) in [6, 6.07) is 3.24. The number of hydrogen-bond donors (Lipinski definition) is 1. The van der Waals surface area contributed by atoms with Crippen LogP contribution < -0.4 is 0 Å². The lowest BCUT2D eigenvalue weighted by atomic mass is 10.0. The Balaban J connectivity index is 3.17. The maximum absolute atomic E-state index is 12.3. The van der Waals surface area contributed by atoms with E-state index in [4.69, 9.17) is 0 Å². The summed E-state index contributed by atoms with van der Waals surface area (Å²) in [5.41, 5.74) is 1.91. The molecule has 0 heterocycles. The second-order valence-electron chi connectivity index (χ2n) is 3.19. The van der Waals surface area contributed by atoms with Gasteiger partial charge in [0.05, 0.1) is 0 Å². The van der Waals surface area contributed by atoms with Crippen molar-refractivity contribution in [1.82, 2.24) is 0 Å². The number of halogens is 3. The third-order valence-electron chi connectivity index (χ3n) is 2.18. The zero-order valence-electron chi connectivity index (χ0n) is 7.89. The lowest BCUT2D eigenvalue weighted by molar-refractivity contribution is -0.00617. The van der Waals surface area contributed by atoms with Crippen LogP contribution in [0, 0.1) is 13.8 Å². The van der Waals surface area contributed by atoms with E-state index in [1.54, 1.807) is 13.0 Å². The molecule has 0 saturated heterocycles. The highest BCUT2D eigenvalue weighted by Gasteiger charge is 2.21. The first-order valence-corrected chi connectivity index (χ1v) is 4.96. The zero-order chi connectivity index (χ0) is 10.9. The number of rotatable bonds is 2. The van der Waals surface area contributed by atoms with Gasteiger partial charge in [-0.3, -0.25) is 0 Å². The van der Waals surface area contributed by atoms with Gasteiger partial charge in [-0.25, -0.2) is 8.78 Å². The minimum atomic E-state index is -2.75. The highest BCUT2D eigenvalue weighted by Crippen LogP contribution is 2.30. The molecule has 0 amide bonds. The third kappa shape index (κ3) is 2.12. The number of aliphatic hydroxyl groups is 1. The van der Waals surface area contributed by atoms with Crippen LogP contribution in [0.2, 0.25) is 0 Å². The van der Waals surface area contributed by atoms with E-state index in [0.29, 0.717) is 5.56 Å².